The first-order valence-corrected chi connectivity index (χ1v) is 6.28. The van der Waals surface area contributed by atoms with Gasteiger partial charge in [-0.1, -0.05) is 12.8 Å². The van der Waals surface area contributed by atoms with E-state index in [0.717, 1.165) is 25.7 Å². The van der Waals surface area contributed by atoms with Gasteiger partial charge in [-0.05, 0) is 25.0 Å². The number of carbonyl (C=O) groups is 2. The molecule has 1 saturated carbocycles. The third-order valence-electron chi connectivity index (χ3n) is 3.67. The lowest BCUT2D eigenvalue weighted by atomic mass is 9.85. The van der Waals surface area contributed by atoms with Gasteiger partial charge in [0.1, 0.15) is 5.69 Å². The summed E-state index contributed by atoms with van der Waals surface area (Å²) < 4.78 is 0. The molecule has 1 fully saturated rings. The van der Waals surface area contributed by atoms with E-state index in [1.54, 1.807) is 0 Å². The molecule has 4 N–H and O–H groups in total. The Kier molecular flexibility index (Phi) is 3.80. The van der Waals surface area contributed by atoms with Crippen molar-refractivity contribution >= 4 is 17.6 Å². The number of nitrogens with zero attached hydrogens (tertiary/aromatic N) is 1. The quantitative estimate of drug-likeness (QED) is 0.757. The standard InChI is InChI=1S/C13H17N3O3/c14-8-13(5-1-2-6-13)12(19)16-9-3-4-10(11(17)18)15-7-9/h3-4,7H,1-2,5-6,8,14H2,(H,16,19)(H,17,18). The number of amides is 1. The van der Waals surface area contributed by atoms with Crippen molar-refractivity contribution in [3.63, 3.8) is 0 Å². The van der Waals surface area contributed by atoms with E-state index in [1.807, 2.05) is 0 Å². The Morgan fingerprint density at radius 3 is 2.53 bits per heavy atom. The van der Waals surface area contributed by atoms with E-state index in [2.05, 4.69) is 10.3 Å². The van der Waals surface area contributed by atoms with E-state index in [-0.39, 0.29) is 11.6 Å². The molecule has 0 spiro atoms. The number of aromatic carboxylic acids is 1. The highest BCUT2D eigenvalue weighted by atomic mass is 16.4. The number of nitrogens with one attached hydrogen (secondary N) is 1. The fourth-order valence-corrected chi connectivity index (χ4v) is 2.43. The van der Waals surface area contributed by atoms with Crippen LogP contribution in [0.15, 0.2) is 18.3 Å². The zero-order valence-electron chi connectivity index (χ0n) is 10.6. The summed E-state index contributed by atoms with van der Waals surface area (Å²) in [5, 5.41) is 11.5. The number of hydrogen-bond donors (Lipinski definition) is 3. The van der Waals surface area contributed by atoms with Crippen molar-refractivity contribution in [3.05, 3.63) is 24.0 Å². The number of anilines is 1. The second-order valence-corrected chi connectivity index (χ2v) is 4.88. The van der Waals surface area contributed by atoms with Crippen molar-refractivity contribution in [2.45, 2.75) is 25.7 Å². The van der Waals surface area contributed by atoms with Crippen LogP contribution in [0.4, 0.5) is 5.69 Å². The number of pyridine rings is 1. The Hall–Kier alpha value is -1.95. The van der Waals surface area contributed by atoms with Gasteiger partial charge in [0.15, 0.2) is 0 Å². The highest BCUT2D eigenvalue weighted by Crippen LogP contribution is 2.38. The largest absolute Gasteiger partial charge is 0.477 e. The van der Waals surface area contributed by atoms with Crippen molar-refractivity contribution in [1.82, 2.24) is 4.98 Å². The van der Waals surface area contributed by atoms with Crippen molar-refractivity contribution in [1.29, 1.82) is 0 Å². The lowest BCUT2D eigenvalue weighted by molar-refractivity contribution is -0.124. The number of nitrogens with two attached hydrogens (primary N) is 1. The molecule has 1 aliphatic carbocycles. The minimum Gasteiger partial charge on any atom is -0.477 e. The summed E-state index contributed by atoms with van der Waals surface area (Å²) in [6.45, 7) is 0.333. The summed E-state index contributed by atoms with van der Waals surface area (Å²) in [4.78, 5) is 26.7. The van der Waals surface area contributed by atoms with E-state index in [1.165, 1.54) is 18.3 Å². The molecule has 2 rings (SSSR count). The first kappa shape index (κ1) is 13.5. The summed E-state index contributed by atoms with van der Waals surface area (Å²) in [5.41, 5.74) is 5.70. The molecule has 1 aliphatic rings. The molecular weight excluding hydrogens is 246 g/mol. The van der Waals surface area contributed by atoms with Crippen molar-refractivity contribution in [2.75, 3.05) is 11.9 Å². The zero-order valence-corrected chi connectivity index (χ0v) is 10.6. The van der Waals surface area contributed by atoms with Gasteiger partial charge in [-0.2, -0.15) is 0 Å². The van der Waals surface area contributed by atoms with E-state index < -0.39 is 11.4 Å². The second kappa shape index (κ2) is 5.36. The Labute approximate surface area is 111 Å². The molecule has 0 atom stereocenters. The molecule has 1 heterocycles. The highest BCUT2D eigenvalue weighted by molar-refractivity contribution is 5.96. The summed E-state index contributed by atoms with van der Waals surface area (Å²) in [6, 6.07) is 2.90. The van der Waals surface area contributed by atoms with E-state index >= 15 is 0 Å². The first-order chi connectivity index (χ1) is 9.07. The van der Waals surface area contributed by atoms with Gasteiger partial charge < -0.3 is 16.2 Å². The molecule has 0 radical (unpaired) electrons. The van der Waals surface area contributed by atoms with Gasteiger partial charge in [0.25, 0.3) is 0 Å². The summed E-state index contributed by atoms with van der Waals surface area (Å²) in [5.74, 6) is -1.19. The van der Waals surface area contributed by atoms with Crippen LogP contribution in [0.1, 0.15) is 36.2 Å². The third-order valence-corrected chi connectivity index (χ3v) is 3.67. The normalized spacial score (nSPS) is 17.1. The molecule has 0 aromatic carbocycles. The Morgan fingerprint density at radius 1 is 1.37 bits per heavy atom. The first-order valence-electron chi connectivity index (χ1n) is 6.28. The molecule has 0 bridgehead atoms. The van der Waals surface area contributed by atoms with Gasteiger partial charge in [0.05, 0.1) is 17.3 Å². The Balaban J connectivity index is 2.08. The van der Waals surface area contributed by atoms with Crippen molar-refractivity contribution in [2.24, 2.45) is 11.1 Å². The fourth-order valence-electron chi connectivity index (χ4n) is 2.43. The minimum absolute atomic E-state index is 0.0487. The molecule has 0 saturated heterocycles. The summed E-state index contributed by atoms with van der Waals surface area (Å²) in [7, 11) is 0. The van der Waals surface area contributed by atoms with Crippen LogP contribution in [-0.4, -0.2) is 28.5 Å². The van der Waals surface area contributed by atoms with Crippen LogP contribution in [0.3, 0.4) is 0 Å². The van der Waals surface area contributed by atoms with Gasteiger partial charge in [-0.15, -0.1) is 0 Å². The monoisotopic (exact) mass is 263 g/mol. The molecule has 102 valence electrons. The molecule has 0 aliphatic heterocycles. The van der Waals surface area contributed by atoms with E-state index in [0.29, 0.717) is 12.2 Å². The topological polar surface area (TPSA) is 105 Å². The Bertz CT molecular complexity index is 478. The number of rotatable bonds is 4. The maximum absolute atomic E-state index is 12.3. The molecule has 1 aromatic heterocycles. The van der Waals surface area contributed by atoms with Crippen LogP contribution < -0.4 is 11.1 Å². The average molecular weight is 263 g/mol. The molecule has 1 amide bonds. The number of hydrogen-bond acceptors (Lipinski definition) is 4. The van der Waals surface area contributed by atoms with Gasteiger partial charge in [-0.3, -0.25) is 4.79 Å². The molecule has 0 unspecified atom stereocenters. The lowest BCUT2D eigenvalue weighted by Crippen LogP contribution is -2.40. The average Bonchev–Trinajstić information content (AvgIpc) is 2.89. The molecular formula is C13H17N3O3. The predicted octanol–water partition coefficient (Wildman–Crippen LogP) is 1.24. The van der Waals surface area contributed by atoms with E-state index in [9.17, 15) is 9.59 Å². The minimum atomic E-state index is -1.09. The summed E-state index contributed by atoms with van der Waals surface area (Å²) >= 11 is 0. The van der Waals surface area contributed by atoms with Gasteiger partial charge in [0.2, 0.25) is 5.91 Å². The third kappa shape index (κ3) is 2.73. The lowest BCUT2D eigenvalue weighted by Gasteiger charge is -2.25. The number of aromatic nitrogens is 1. The van der Waals surface area contributed by atoms with Crippen LogP contribution in [0, 0.1) is 5.41 Å². The smallest absolute Gasteiger partial charge is 0.354 e. The van der Waals surface area contributed by atoms with E-state index in [4.69, 9.17) is 10.8 Å². The maximum atomic E-state index is 12.3. The SMILES string of the molecule is NCC1(C(=O)Nc2ccc(C(=O)O)nc2)CCCC1. The number of carboxylic acids is 1. The summed E-state index contributed by atoms with van der Waals surface area (Å²) in [6.07, 6.45) is 4.98. The molecule has 1 aromatic rings. The Morgan fingerprint density at radius 2 is 2.05 bits per heavy atom. The van der Waals surface area contributed by atoms with Gasteiger partial charge in [0, 0.05) is 6.54 Å². The van der Waals surface area contributed by atoms with Crippen molar-refractivity contribution < 1.29 is 14.7 Å². The maximum Gasteiger partial charge on any atom is 0.354 e. The molecule has 6 heteroatoms. The molecule has 6 nitrogen and oxygen atoms in total. The van der Waals surface area contributed by atoms with Gasteiger partial charge in [-0.25, -0.2) is 9.78 Å². The number of carbonyl (C=O) groups excluding carboxylic acids is 1. The fraction of sp³-hybridized carbons (Fsp3) is 0.462. The second-order valence-electron chi connectivity index (χ2n) is 4.88. The van der Waals surface area contributed by atoms with Crippen LogP contribution >= 0.6 is 0 Å². The number of carboxylic acid groups (broad SMARTS) is 1. The predicted molar refractivity (Wildman–Crippen MR) is 69.8 cm³/mol. The van der Waals surface area contributed by atoms with Gasteiger partial charge >= 0.3 is 5.97 Å². The highest BCUT2D eigenvalue weighted by Gasteiger charge is 2.39. The zero-order chi connectivity index (χ0) is 13.9. The molecule has 19 heavy (non-hydrogen) atoms. The van der Waals surface area contributed by atoms with Crippen LogP contribution in [0.25, 0.3) is 0 Å². The van der Waals surface area contributed by atoms with Crippen LogP contribution in [0.5, 0.6) is 0 Å². The van der Waals surface area contributed by atoms with Crippen LogP contribution in [-0.2, 0) is 4.79 Å². The van der Waals surface area contributed by atoms with Crippen molar-refractivity contribution in [3.8, 4) is 0 Å². The van der Waals surface area contributed by atoms with Crippen LogP contribution in [0.2, 0.25) is 0 Å².